The Bertz CT molecular complexity index is 915. The van der Waals surface area contributed by atoms with Crippen molar-refractivity contribution >= 4 is 11.8 Å². The van der Waals surface area contributed by atoms with Crippen LogP contribution < -0.4 is 10.6 Å². The number of pyridine rings is 1. The van der Waals surface area contributed by atoms with Gasteiger partial charge in [0.1, 0.15) is 0 Å². The normalized spacial score (nSPS) is 20.8. The molecule has 2 N–H and O–H groups in total. The number of nitrogens with zero attached hydrogens (tertiary/aromatic N) is 2. The molecule has 32 heavy (non-hydrogen) atoms. The maximum atomic E-state index is 13.3. The number of amides is 2. The third kappa shape index (κ3) is 5.94. The summed E-state index contributed by atoms with van der Waals surface area (Å²) >= 11 is 0. The molecule has 1 atom stereocenters. The molecule has 2 heterocycles. The predicted molar refractivity (Wildman–Crippen MR) is 125 cm³/mol. The van der Waals surface area contributed by atoms with Gasteiger partial charge < -0.3 is 15.5 Å². The van der Waals surface area contributed by atoms with Crippen LogP contribution in [-0.2, 0) is 17.6 Å². The smallest absolute Gasteiger partial charge is 0.255 e. The molecule has 0 radical (unpaired) electrons. The van der Waals surface area contributed by atoms with Crippen LogP contribution in [0.3, 0.4) is 0 Å². The molecule has 4 rings (SSSR count). The monoisotopic (exact) mass is 434 g/mol. The summed E-state index contributed by atoms with van der Waals surface area (Å²) in [6.45, 7) is 2.76. The standard InChI is InChI=1S/C26H34N4O2/c31-25-18-24(20-9-2-1-3-10-20)27-13-6-7-15-30(16-8-14-28-25)26(32)22-17-21-11-4-5-12-23(21)29-19-22/h1-3,9-10,17,19,24,27H,4-8,11-16,18H2,(H,28,31). The van der Waals surface area contributed by atoms with Gasteiger partial charge in [0, 0.05) is 44.0 Å². The van der Waals surface area contributed by atoms with Crippen molar-refractivity contribution in [1.29, 1.82) is 0 Å². The quantitative estimate of drug-likeness (QED) is 0.760. The van der Waals surface area contributed by atoms with Crippen molar-refractivity contribution in [3.05, 3.63) is 65.0 Å². The zero-order valence-corrected chi connectivity index (χ0v) is 18.8. The number of fused-ring (bicyclic) bond motifs is 1. The predicted octanol–water partition coefficient (Wildman–Crippen LogP) is 3.42. The molecule has 1 aliphatic heterocycles. The Labute approximate surface area is 190 Å². The highest BCUT2D eigenvalue weighted by Gasteiger charge is 2.20. The summed E-state index contributed by atoms with van der Waals surface area (Å²) in [7, 11) is 0. The Morgan fingerprint density at radius 3 is 2.66 bits per heavy atom. The van der Waals surface area contributed by atoms with Crippen molar-refractivity contribution in [3.63, 3.8) is 0 Å². The van der Waals surface area contributed by atoms with Gasteiger partial charge in [-0.2, -0.15) is 0 Å². The van der Waals surface area contributed by atoms with Crippen LogP contribution >= 0.6 is 0 Å². The van der Waals surface area contributed by atoms with Crippen LogP contribution in [0.25, 0.3) is 0 Å². The molecule has 2 amide bonds. The SMILES string of the molecule is O=C1CC(c2ccccc2)NCCCCN(C(=O)c2cnc3c(c2)CCCC3)CCCN1. The molecule has 1 aromatic carbocycles. The first-order valence-corrected chi connectivity index (χ1v) is 12.0. The van der Waals surface area contributed by atoms with Gasteiger partial charge in [-0.3, -0.25) is 14.6 Å². The number of rotatable bonds is 2. The first-order valence-electron chi connectivity index (χ1n) is 12.0. The minimum absolute atomic E-state index is 0.0104. The molecule has 6 heteroatoms. The third-order valence-corrected chi connectivity index (χ3v) is 6.47. The lowest BCUT2D eigenvalue weighted by atomic mass is 9.95. The third-order valence-electron chi connectivity index (χ3n) is 6.47. The lowest BCUT2D eigenvalue weighted by Gasteiger charge is -2.24. The number of hydrogen-bond donors (Lipinski definition) is 2. The van der Waals surface area contributed by atoms with Crippen molar-refractivity contribution in [2.24, 2.45) is 0 Å². The van der Waals surface area contributed by atoms with E-state index in [1.807, 2.05) is 23.1 Å². The van der Waals surface area contributed by atoms with Crippen LogP contribution in [0.2, 0.25) is 0 Å². The largest absolute Gasteiger partial charge is 0.356 e. The highest BCUT2D eigenvalue weighted by molar-refractivity contribution is 5.94. The van der Waals surface area contributed by atoms with Crippen LogP contribution in [0.4, 0.5) is 0 Å². The first kappa shape index (κ1) is 22.5. The number of nitrogens with one attached hydrogen (secondary N) is 2. The number of aromatic nitrogens is 1. The minimum atomic E-state index is 0.0104. The Morgan fingerprint density at radius 1 is 0.969 bits per heavy atom. The summed E-state index contributed by atoms with van der Waals surface area (Å²) in [5, 5.41) is 6.57. The Hall–Kier alpha value is -2.73. The summed E-state index contributed by atoms with van der Waals surface area (Å²) in [5.74, 6) is 0.101. The van der Waals surface area contributed by atoms with E-state index in [1.165, 1.54) is 18.4 Å². The molecule has 1 saturated heterocycles. The molecule has 1 unspecified atom stereocenters. The van der Waals surface area contributed by atoms with E-state index in [0.717, 1.165) is 56.5 Å². The molecule has 1 aromatic heterocycles. The minimum Gasteiger partial charge on any atom is -0.356 e. The highest BCUT2D eigenvalue weighted by Crippen LogP contribution is 2.21. The van der Waals surface area contributed by atoms with E-state index < -0.39 is 0 Å². The van der Waals surface area contributed by atoms with Crippen LogP contribution in [0.15, 0.2) is 42.6 Å². The van der Waals surface area contributed by atoms with Crippen molar-refractivity contribution in [1.82, 2.24) is 20.5 Å². The summed E-state index contributed by atoms with van der Waals surface area (Å²) in [5.41, 5.74) is 4.21. The average molecular weight is 435 g/mol. The molecular weight excluding hydrogens is 400 g/mol. The topological polar surface area (TPSA) is 74.3 Å². The number of hydrogen-bond acceptors (Lipinski definition) is 4. The van der Waals surface area contributed by atoms with E-state index in [1.54, 1.807) is 6.20 Å². The zero-order valence-electron chi connectivity index (χ0n) is 18.8. The second-order valence-corrected chi connectivity index (χ2v) is 8.86. The number of benzene rings is 1. The average Bonchev–Trinajstić information content (AvgIpc) is 2.85. The van der Waals surface area contributed by atoms with Gasteiger partial charge in [-0.25, -0.2) is 0 Å². The number of carbonyl (C=O) groups excluding carboxylic acids is 2. The first-order chi connectivity index (χ1) is 15.7. The molecule has 0 saturated carbocycles. The van der Waals surface area contributed by atoms with Gasteiger partial charge in [0.25, 0.3) is 5.91 Å². The van der Waals surface area contributed by atoms with Gasteiger partial charge in [-0.15, -0.1) is 0 Å². The second kappa shape index (κ2) is 11.2. The summed E-state index contributed by atoms with van der Waals surface area (Å²) < 4.78 is 0. The molecule has 1 fully saturated rings. The molecule has 0 spiro atoms. The fourth-order valence-electron chi connectivity index (χ4n) is 4.66. The van der Waals surface area contributed by atoms with Crippen LogP contribution in [0.1, 0.15) is 71.7 Å². The number of aryl methyl sites for hydroxylation is 2. The lowest BCUT2D eigenvalue weighted by Crippen LogP contribution is -2.35. The van der Waals surface area contributed by atoms with E-state index in [4.69, 9.17) is 0 Å². The van der Waals surface area contributed by atoms with Crippen LogP contribution in [-0.4, -0.2) is 47.9 Å². The molecule has 6 nitrogen and oxygen atoms in total. The summed E-state index contributed by atoms with van der Waals surface area (Å²) in [6.07, 6.45) is 9.20. The Balaban J connectivity index is 1.40. The van der Waals surface area contributed by atoms with Gasteiger partial charge in [-0.1, -0.05) is 30.3 Å². The zero-order chi connectivity index (χ0) is 22.2. The lowest BCUT2D eigenvalue weighted by molar-refractivity contribution is -0.121. The van der Waals surface area contributed by atoms with Gasteiger partial charge in [-0.05, 0) is 68.7 Å². The molecular formula is C26H34N4O2. The van der Waals surface area contributed by atoms with Gasteiger partial charge in [0.15, 0.2) is 0 Å². The maximum absolute atomic E-state index is 13.3. The van der Waals surface area contributed by atoms with E-state index in [9.17, 15) is 9.59 Å². The van der Waals surface area contributed by atoms with E-state index in [2.05, 4.69) is 33.8 Å². The Kier molecular flexibility index (Phi) is 7.88. The molecule has 0 bridgehead atoms. The van der Waals surface area contributed by atoms with Crippen molar-refractivity contribution in [2.75, 3.05) is 26.2 Å². The fraction of sp³-hybridized carbons (Fsp3) is 0.500. The van der Waals surface area contributed by atoms with Gasteiger partial charge in [0.2, 0.25) is 5.91 Å². The number of carbonyl (C=O) groups is 2. The van der Waals surface area contributed by atoms with Crippen molar-refractivity contribution in [3.8, 4) is 0 Å². The van der Waals surface area contributed by atoms with Crippen molar-refractivity contribution < 1.29 is 9.59 Å². The van der Waals surface area contributed by atoms with E-state index in [-0.39, 0.29) is 17.9 Å². The van der Waals surface area contributed by atoms with Gasteiger partial charge in [0.05, 0.1) is 5.56 Å². The Morgan fingerprint density at radius 2 is 1.78 bits per heavy atom. The molecule has 2 aromatic rings. The molecule has 170 valence electrons. The van der Waals surface area contributed by atoms with Gasteiger partial charge >= 0.3 is 0 Å². The molecule has 1 aliphatic carbocycles. The maximum Gasteiger partial charge on any atom is 0.255 e. The van der Waals surface area contributed by atoms with E-state index >= 15 is 0 Å². The van der Waals surface area contributed by atoms with Crippen LogP contribution in [0.5, 0.6) is 0 Å². The summed E-state index contributed by atoms with van der Waals surface area (Å²) in [6, 6.07) is 12.2. The fourth-order valence-corrected chi connectivity index (χ4v) is 4.66. The highest BCUT2D eigenvalue weighted by atomic mass is 16.2. The summed E-state index contributed by atoms with van der Waals surface area (Å²) in [4.78, 5) is 32.3. The van der Waals surface area contributed by atoms with E-state index in [0.29, 0.717) is 25.1 Å². The van der Waals surface area contributed by atoms with Crippen molar-refractivity contribution in [2.45, 2.75) is 57.4 Å². The second-order valence-electron chi connectivity index (χ2n) is 8.86. The molecule has 2 aliphatic rings. The van der Waals surface area contributed by atoms with Crippen LogP contribution in [0, 0.1) is 0 Å².